The van der Waals surface area contributed by atoms with Crippen LogP contribution in [0.3, 0.4) is 0 Å². The van der Waals surface area contributed by atoms with E-state index < -0.39 is 0 Å². The van der Waals surface area contributed by atoms with Gasteiger partial charge in [0.2, 0.25) is 0 Å². The second-order valence-corrected chi connectivity index (χ2v) is 8.47. The molecular formula is C22H37N3O2. The molecule has 152 valence electrons. The maximum absolute atomic E-state index is 9.88. The van der Waals surface area contributed by atoms with Crippen LogP contribution in [0.5, 0.6) is 0 Å². The van der Waals surface area contributed by atoms with Crippen molar-refractivity contribution in [3.63, 3.8) is 0 Å². The Balaban J connectivity index is 1.50. The first kappa shape index (κ1) is 20.6. The van der Waals surface area contributed by atoms with Crippen LogP contribution in [0.25, 0.3) is 0 Å². The number of likely N-dealkylation sites (tertiary alicyclic amines) is 1. The zero-order valence-electron chi connectivity index (χ0n) is 17.3. The molecule has 5 heteroatoms. The van der Waals surface area contributed by atoms with Gasteiger partial charge < -0.3 is 19.6 Å². The number of likely N-dealkylation sites (N-methyl/N-ethyl adjacent to an activating group) is 1. The summed E-state index contributed by atoms with van der Waals surface area (Å²) in [7, 11) is 3.92. The number of hydrogen-bond donors (Lipinski definition) is 1. The van der Waals surface area contributed by atoms with Crippen LogP contribution >= 0.6 is 0 Å². The van der Waals surface area contributed by atoms with Gasteiger partial charge in [-0.05, 0) is 50.8 Å². The van der Waals surface area contributed by atoms with Gasteiger partial charge in [0.15, 0.2) is 0 Å². The lowest BCUT2D eigenvalue weighted by molar-refractivity contribution is 0.136. The predicted octanol–water partition coefficient (Wildman–Crippen LogP) is 2.08. The Hall–Kier alpha value is -1.14. The molecule has 0 saturated carbocycles. The van der Waals surface area contributed by atoms with Gasteiger partial charge in [-0.3, -0.25) is 4.90 Å². The molecule has 0 unspecified atom stereocenters. The van der Waals surface area contributed by atoms with Crippen molar-refractivity contribution < 1.29 is 9.84 Å². The van der Waals surface area contributed by atoms with Crippen molar-refractivity contribution in [1.29, 1.82) is 0 Å². The Morgan fingerprint density at radius 3 is 2.41 bits per heavy atom. The van der Waals surface area contributed by atoms with Gasteiger partial charge in [-0.2, -0.15) is 0 Å². The zero-order valence-corrected chi connectivity index (χ0v) is 17.3. The molecule has 0 spiro atoms. The number of methoxy groups -OCH3 is 1. The molecule has 27 heavy (non-hydrogen) atoms. The molecule has 1 N–H and O–H groups in total. The van der Waals surface area contributed by atoms with Crippen LogP contribution in [0.1, 0.15) is 18.4 Å². The van der Waals surface area contributed by atoms with Crippen molar-refractivity contribution in [1.82, 2.24) is 9.80 Å². The minimum atomic E-state index is 0.307. The van der Waals surface area contributed by atoms with Crippen LogP contribution < -0.4 is 4.90 Å². The molecule has 2 aliphatic rings. The first-order valence-corrected chi connectivity index (χ1v) is 10.4. The summed E-state index contributed by atoms with van der Waals surface area (Å²) in [6.45, 7) is 9.66. The second kappa shape index (κ2) is 9.87. The number of hydrogen-bond acceptors (Lipinski definition) is 5. The van der Waals surface area contributed by atoms with Crippen molar-refractivity contribution in [2.24, 2.45) is 11.8 Å². The third-order valence-corrected chi connectivity index (χ3v) is 6.44. The second-order valence-electron chi connectivity index (χ2n) is 8.47. The molecule has 0 aliphatic carbocycles. The van der Waals surface area contributed by atoms with E-state index in [0.29, 0.717) is 24.5 Å². The van der Waals surface area contributed by atoms with E-state index in [1.165, 1.54) is 24.1 Å². The predicted molar refractivity (Wildman–Crippen MR) is 111 cm³/mol. The molecule has 0 aromatic heterocycles. The zero-order chi connectivity index (χ0) is 19.2. The van der Waals surface area contributed by atoms with Crippen LogP contribution in [0.2, 0.25) is 0 Å². The summed E-state index contributed by atoms with van der Waals surface area (Å²) in [5.74, 6) is 0.970. The number of ether oxygens (including phenoxy) is 1. The van der Waals surface area contributed by atoms with Crippen molar-refractivity contribution in [2.45, 2.75) is 25.8 Å². The molecule has 1 aromatic rings. The third-order valence-electron chi connectivity index (χ3n) is 6.44. The van der Waals surface area contributed by atoms with Crippen molar-refractivity contribution in [2.75, 3.05) is 71.5 Å². The fraction of sp³-hybridized carbons (Fsp3) is 0.727. The molecule has 3 rings (SSSR count). The summed E-state index contributed by atoms with van der Waals surface area (Å²) < 4.78 is 5.19. The topological polar surface area (TPSA) is 39.2 Å². The van der Waals surface area contributed by atoms with E-state index in [9.17, 15) is 5.11 Å². The summed E-state index contributed by atoms with van der Waals surface area (Å²) >= 11 is 0. The van der Waals surface area contributed by atoms with E-state index in [1.807, 2.05) is 0 Å². The first-order chi connectivity index (χ1) is 13.1. The van der Waals surface area contributed by atoms with Gasteiger partial charge in [0, 0.05) is 64.7 Å². The Bertz CT molecular complexity index is 557. The van der Waals surface area contributed by atoms with Gasteiger partial charge in [-0.1, -0.05) is 17.7 Å². The summed E-state index contributed by atoms with van der Waals surface area (Å²) in [5.41, 5.74) is 2.67. The molecule has 0 amide bonds. The van der Waals surface area contributed by atoms with Gasteiger partial charge in [-0.15, -0.1) is 0 Å². The average molecular weight is 376 g/mol. The van der Waals surface area contributed by atoms with Crippen LogP contribution in [0.15, 0.2) is 24.3 Å². The van der Waals surface area contributed by atoms with Gasteiger partial charge >= 0.3 is 0 Å². The van der Waals surface area contributed by atoms with Crippen LogP contribution in [-0.4, -0.2) is 87.6 Å². The molecule has 2 heterocycles. The molecule has 2 atom stereocenters. The minimum absolute atomic E-state index is 0.307. The fourth-order valence-electron chi connectivity index (χ4n) is 4.67. The fourth-order valence-corrected chi connectivity index (χ4v) is 4.67. The minimum Gasteiger partial charge on any atom is -0.396 e. The molecule has 5 nitrogen and oxygen atoms in total. The number of nitrogens with zero attached hydrogens (tertiary/aromatic N) is 3. The standard InChI is InChI=1S/C22H37N3O2/c1-18-4-6-21(7-5-18)24-10-8-22(9-11-24)25-15-19(20(16-25)17-26)14-23(2)12-13-27-3/h4-7,19-20,22,26H,8-17H2,1-3H3/t19-,20-/m1/s1. The molecule has 1 aromatic carbocycles. The number of aliphatic hydroxyl groups excluding tert-OH is 1. The number of piperidine rings is 1. The summed E-state index contributed by atoms with van der Waals surface area (Å²) in [6.07, 6.45) is 2.44. The highest BCUT2D eigenvalue weighted by Gasteiger charge is 2.37. The Labute approximate surface area is 164 Å². The summed E-state index contributed by atoms with van der Waals surface area (Å²) in [6, 6.07) is 9.57. The molecule has 2 fully saturated rings. The molecule has 0 bridgehead atoms. The smallest absolute Gasteiger partial charge is 0.0589 e. The van der Waals surface area contributed by atoms with Gasteiger partial charge in [0.05, 0.1) is 6.61 Å². The maximum Gasteiger partial charge on any atom is 0.0589 e. The first-order valence-electron chi connectivity index (χ1n) is 10.4. The summed E-state index contributed by atoms with van der Waals surface area (Å²) in [4.78, 5) is 7.52. The molecule has 0 radical (unpaired) electrons. The normalized spacial score (nSPS) is 24.9. The lowest BCUT2D eigenvalue weighted by Crippen LogP contribution is -2.44. The van der Waals surface area contributed by atoms with Gasteiger partial charge in [-0.25, -0.2) is 0 Å². The largest absolute Gasteiger partial charge is 0.396 e. The number of benzene rings is 1. The Morgan fingerprint density at radius 2 is 1.78 bits per heavy atom. The molecular weight excluding hydrogens is 338 g/mol. The quantitative estimate of drug-likeness (QED) is 0.753. The van der Waals surface area contributed by atoms with Crippen LogP contribution in [0.4, 0.5) is 5.69 Å². The maximum atomic E-state index is 9.88. The van der Waals surface area contributed by atoms with E-state index in [4.69, 9.17) is 4.74 Å². The Kier molecular flexibility index (Phi) is 7.53. The lowest BCUT2D eigenvalue weighted by Gasteiger charge is -2.38. The number of rotatable bonds is 8. The third kappa shape index (κ3) is 5.44. The van der Waals surface area contributed by atoms with Crippen molar-refractivity contribution in [3.8, 4) is 0 Å². The number of aryl methyl sites for hydroxylation is 1. The van der Waals surface area contributed by atoms with E-state index in [0.717, 1.165) is 45.9 Å². The lowest BCUT2D eigenvalue weighted by atomic mass is 9.96. The van der Waals surface area contributed by atoms with Crippen LogP contribution in [-0.2, 0) is 4.74 Å². The molecule has 2 saturated heterocycles. The number of anilines is 1. The Morgan fingerprint density at radius 1 is 1.11 bits per heavy atom. The van der Waals surface area contributed by atoms with Gasteiger partial charge in [0.25, 0.3) is 0 Å². The molecule has 2 aliphatic heterocycles. The summed E-state index contributed by atoms with van der Waals surface area (Å²) in [5, 5.41) is 9.88. The van der Waals surface area contributed by atoms with Gasteiger partial charge in [0.1, 0.15) is 0 Å². The van der Waals surface area contributed by atoms with E-state index >= 15 is 0 Å². The number of aliphatic hydroxyl groups is 1. The van der Waals surface area contributed by atoms with E-state index in [-0.39, 0.29) is 0 Å². The monoisotopic (exact) mass is 375 g/mol. The van der Waals surface area contributed by atoms with Crippen molar-refractivity contribution in [3.05, 3.63) is 29.8 Å². The highest BCUT2D eigenvalue weighted by molar-refractivity contribution is 5.47. The highest BCUT2D eigenvalue weighted by atomic mass is 16.5. The van der Waals surface area contributed by atoms with E-state index in [1.54, 1.807) is 7.11 Å². The average Bonchev–Trinajstić information content (AvgIpc) is 3.10. The van der Waals surface area contributed by atoms with Crippen LogP contribution in [0, 0.1) is 18.8 Å². The SMILES string of the molecule is COCCN(C)C[C@@H]1CN(C2CCN(c3ccc(C)cc3)CC2)C[C@@H]1CO. The van der Waals surface area contributed by atoms with E-state index in [2.05, 4.69) is 52.9 Å². The van der Waals surface area contributed by atoms with Crippen molar-refractivity contribution >= 4 is 5.69 Å². The highest BCUT2D eigenvalue weighted by Crippen LogP contribution is 2.30.